The van der Waals surface area contributed by atoms with Crippen LogP contribution in [0.15, 0.2) is 71.1 Å². The highest BCUT2D eigenvalue weighted by Crippen LogP contribution is 2.43. The Labute approximate surface area is 183 Å². The smallest absolute Gasteiger partial charge is 0.254 e. The average Bonchev–Trinajstić information content (AvgIpc) is 2.75. The topological polar surface area (TPSA) is 67.4 Å². The van der Waals surface area contributed by atoms with Crippen LogP contribution in [0.2, 0.25) is 0 Å². The molecule has 0 spiro atoms. The van der Waals surface area contributed by atoms with Gasteiger partial charge in [0.15, 0.2) is 5.78 Å². The highest BCUT2D eigenvalue weighted by molar-refractivity contribution is 6.10. The van der Waals surface area contributed by atoms with Crippen LogP contribution in [0.1, 0.15) is 50.2 Å². The fraction of sp³-hybridized carbons (Fsp3) is 0.308. The van der Waals surface area contributed by atoms with E-state index in [1.807, 2.05) is 69.3 Å². The molecule has 4 rings (SSSR count). The number of para-hydroxylation sites is 1. The van der Waals surface area contributed by atoms with Gasteiger partial charge in [-0.15, -0.1) is 0 Å². The van der Waals surface area contributed by atoms with Gasteiger partial charge < -0.3 is 15.4 Å². The van der Waals surface area contributed by atoms with E-state index in [2.05, 4.69) is 10.6 Å². The number of rotatable bonds is 5. The summed E-state index contributed by atoms with van der Waals surface area (Å²) in [4.78, 5) is 26.6. The lowest BCUT2D eigenvalue weighted by Crippen LogP contribution is -2.35. The van der Waals surface area contributed by atoms with E-state index in [-0.39, 0.29) is 11.7 Å². The standard InChI is InChI=1S/C26H28N2O3/c1-4-31-19-11-7-10-18(15-19)24-23(26(30)28-20-12-6-5-9-16(20)2)17(3)27-21-13-8-14-22(29)25(21)24/h5-7,9-12,15,24,27H,4,8,13-14H2,1-3H3,(H,28,30)/t24-/m0/s1. The van der Waals surface area contributed by atoms with Crippen molar-refractivity contribution < 1.29 is 14.3 Å². The minimum atomic E-state index is -0.423. The molecule has 2 N–H and O–H groups in total. The maximum Gasteiger partial charge on any atom is 0.254 e. The number of anilines is 1. The molecule has 2 aliphatic rings. The molecule has 5 heteroatoms. The largest absolute Gasteiger partial charge is 0.494 e. The monoisotopic (exact) mass is 416 g/mol. The first-order valence-electron chi connectivity index (χ1n) is 10.8. The van der Waals surface area contributed by atoms with E-state index in [0.29, 0.717) is 24.2 Å². The quantitative estimate of drug-likeness (QED) is 0.720. The molecule has 31 heavy (non-hydrogen) atoms. The Hall–Kier alpha value is -3.34. The molecule has 0 saturated carbocycles. The van der Waals surface area contributed by atoms with Gasteiger partial charge in [0.1, 0.15) is 5.75 Å². The molecular weight excluding hydrogens is 388 g/mol. The number of benzene rings is 2. The molecule has 0 fully saturated rings. The summed E-state index contributed by atoms with van der Waals surface area (Å²) in [5.41, 5.74) is 5.65. The third kappa shape index (κ3) is 4.13. The Balaban J connectivity index is 1.80. The number of ether oxygens (including phenoxy) is 1. The van der Waals surface area contributed by atoms with Gasteiger partial charge in [-0.25, -0.2) is 0 Å². The van der Waals surface area contributed by atoms with Crippen LogP contribution >= 0.6 is 0 Å². The average molecular weight is 417 g/mol. The summed E-state index contributed by atoms with van der Waals surface area (Å²) >= 11 is 0. The summed E-state index contributed by atoms with van der Waals surface area (Å²) in [6.07, 6.45) is 2.15. The zero-order chi connectivity index (χ0) is 22.0. The molecule has 0 saturated heterocycles. The highest BCUT2D eigenvalue weighted by atomic mass is 16.5. The van der Waals surface area contributed by atoms with E-state index in [9.17, 15) is 9.59 Å². The predicted octanol–water partition coefficient (Wildman–Crippen LogP) is 5.00. The maximum absolute atomic E-state index is 13.5. The Morgan fingerprint density at radius 1 is 1.13 bits per heavy atom. The van der Waals surface area contributed by atoms with Gasteiger partial charge in [-0.05, 0) is 62.9 Å². The van der Waals surface area contributed by atoms with Gasteiger partial charge >= 0.3 is 0 Å². The lowest BCUT2D eigenvalue weighted by atomic mass is 9.75. The fourth-order valence-electron chi connectivity index (χ4n) is 4.47. The lowest BCUT2D eigenvalue weighted by molar-refractivity contribution is -0.116. The second-order valence-electron chi connectivity index (χ2n) is 8.04. The number of carbonyl (C=O) groups excluding carboxylic acids is 2. The molecule has 5 nitrogen and oxygen atoms in total. The molecule has 0 aromatic heterocycles. The zero-order valence-electron chi connectivity index (χ0n) is 18.2. The normalized spacial score (nSPS) is 18.4. The minimum absolute atomic E-state index is 0.106. The highest BCUT2D eigenvalue weighted by Gasteiger charge is 2.38. The summed E-state index contributed by atoms with van der Waals surface area (Å²) in [6.45, 7) is 6.37. The second kappa shape index (κ2) is 8.80. The summed E-state index contributed by atoms with van der Waals surface area (Å²) in [5.74, 6) is 0.221. The van der Waals surface area contributed by atoms with Gasteiger partial charge in [0.25, 0.3) is 5.91 Å². The van der Waals surface area contributed by atoms with Crippen molar-refractivity contribution in [3.63, 3.8) is 0 Å². The number of dihydropyridines is 1. The number of allylic oxidation sites excluding steroid dienone is 3. The van der Waals surface area contributed by atoms with Crippen LogP contribution in [0, 0.1) is 6.92 Å². The summed E-state index contributed by atoms with van der Waals surface area (Å²) in [6, 6.07) is 15.4. The van der Waals surface area contributed by atoms with Crippen molar-refractivity contribution in [2.75, 3.05) is 11.9 Å². The van der Waals surface area contributed by atoms with Crippen molar-refractivity contribution in [1.29, 1.82) is 0 Å². The van der Waals surface area contributed by atoms with Crippen LogP contribution < -0.4 is 15.4 Å². The van der Waals surface area contributed by atoms with E-state index in [1.54, 1.807) is 0 Å². The number of Topliss-reactive ketones (excluding diaryl/α,β-unsaturated/α-hetero) is 1. The first kappa shape index (κ1) is 20.9. The van der Waals surface area contributed by atoms with Crippen LogP contribution in [0.5, 0.6) is 5.75 Å². The first-order chi connectivity index (χ1) is 15.0. The SMILES string of the molecule is CCOc1cccc([C@H]2C(C(=O)Nc3ccccc3C)=C(C)NC3=C2C(=O)CCC3)c1. The molecule has 1 amide bonds. The number of carbonyl (C=O) groups is 2. The Kier molecular flexibility index (Phi) is 5.94. The molecular formula is C26H28N2O3. The van der Waals surface area contributed by atoms with E-state index in [1.165, 1.54) is 0 Å². The predicted molar refractivity (Wildman–Crippen MR) is 122 cm³/mol. The van der Waals surface area contributed by atoms with E-state index < -0.39 is 5.92 Å². The third-order valence-corrected chi connectivity index (χ3v) is 5.92. The number of nitrogens with one attached hydrogen (secondary N) is 2. The summed E-state index contributed by atoms with van der Waals surface area (Å²) < 4.78 is 5.70. The van der Waals surface area contributed by atoms with Crippen LogP contribution in [0.4, 0.5) is 5.69 Å². The minimum Gasteiger partial charge on any atom is -0.494 e. The Morgan fingerprint density at radius 3 is 2.71 bits per heavy atom. The summed E-state index contributed by atoms with van der Waals surface area (Å²) in [5, 5.41) is 6.42. The van der Waals surface area contributed by atoms with Crippen molar-refractivity contribution in [2.45, 2.75) is 46.0 Å². The molecule has 0 radical (unpaired) electrons. The number of amides is 1. The number of ketones is 1. The van der Waals surface area contributed by atoms with Gasteiger partial charge in [0.2, 0.25) is 0 Å². The Morgan fingerprint density at radius 2 is 1.94 bits per heavy atom. The number of hydrogen-bond acceptors (Lipinski definition) is 4. The second-order valence-corrected chi connectivity index (χ2v) is 8.04. The van der Waals surface area contributed by atoms with Crippen LogP contribution in [-0.4, -0.2) is 18.3 Å². The number of hydrogen-bond donors (Lipinski definition) is 2. The van der Waals surface area contributed by atoms with Crippen molar-refractivity contribution >= 4 is 17.4 Å². The Bertz CT molecular complexity index is 1100. The van der Waals surface area contributed by atoms with Crippen molar-refractivity contribution in [1.82, 2.24) is 5.32 Å². The maximum atomic E-state index is 13.5. The molecule has 2 aromatic carbocycles. The van der Waals surface area contributed by atoms with Gasteiger partial charge in [0.05, 0.1) is 6.61 Å². The molecule has 0 bridgehead atoms. The van der Waals surface area contributed by atoms with Crippen molar-refractivity contribution in [3.8, 4) is 5.75 Å². The molecule has 2 aromatic rings. The molecule has 0 unspecified atom stereocenters. The van der Waals surface area contributed by atoms with Gasteiger partial charge in [-0.3, -0.25) is 9.59 Å². The van der Waals surface area contributed by atoms with Crippen LogP contribution in [-0.2, 0) is 9.59 Å². The van der Waals surface area contributed by atoms with Gasteiger partial charge in [-0.2, -0.15) is 0 Å². The molecule has 1 atom stereocenters. The van der Waals surface area contributed by atoms with E-state index in [0.717, 1.165) is 46.8 Å². The zero-order valence-corrected chi connectivity index (χ0v) is 18.2. The molecule has 160 valence electrons. The number of aryl methyl sites for hydroxylation is 1. The van der Waals surface area contributed by atoms with Crippen LogP contribution in [0.3, 0.4) is 0 Å². The van der Waals surface area contributed by atoms with Crippen molar-refractivity contribution in [2.24, 2.45) is 0 Å². The summed E-state index contributed by atoms with van der Waals surface area (Å²) in [7, 11) is 0. The third-order valence-electron chi connectivity index (χ3n) is 5.92. The van der Waals surface area contributed by atoms with Crippen molar-refractivity contribution in [3.05, 3.63) is 82.2 Å². The van der Waals surface area contributed by atoms with Gasteiger partial charge in [-0.1, -0.05) is 30.3 Å². The lowest BCUT2D eigenvalue weighted by Gasteiger charge is -2.34. The first-order valence-corrected chi connectivity index (χ1v) is 10.8. The van der Waals surface area contributed by atoms with E-state index in [4.69, 9.17) is 4.74 Å². The van der Waals surface area contributed by atoms with Crippen LogP contribution in [0.25, 0.3) is 0 Å². The fourth-order valence-corrected chi connectivity index (χ4v) is 4.47. The van der Waals surface area contributed by atoms with E-state index >= 15 is 0 Å². The molecule has 1 heterocycles. The molecule has 1 aliphatic carbocycles. The molecule has 1 aliphatic heterocycles. The van der Waals surface area contributed by atoms with Gasteiger partial charge in [0, 0.05) is 40.6 Å².